The molecule has 2 aromatic carbocycles. The fourth-order valence-electron chi connectivity index (χ4n) is 5.91. The van der Waals surface area contributed by atoms with Crippen molar-refractivity contribution in [2.75, 3.05) is 0 Å². The highest BCUT2D eigenvalue weighted by atomic mass is 16.3. The minimum atomic E-state index is -0.205. The van der Waals surface area contributed by atoms with E-state index in [1.165, 1.54) is 0 Å². The van der Waals surface area contributed by atoms with Crippen molar-refractivity contribution in [2.24, 2.45) is 20.8 Å². The molecule has 0 unspecified atom stereocenters. The highest BCUT2D eigenvalue weighted by molar-refractivity contribution is 6.26. The van der Waals surface area contributed by atoms with Crippen LogP contribution in [-0.2, 0) is 9.59 Å². The molecule has 0 aromatic heterocycles. The Morgan fingerprint density at radius 2 is 0.952 bits per heavy atom. The summed E-state index contributed by atoms with van der Waals surface area (Å²) in [6.45, 7) is 12.2. The average molecular weight is 569 g/mol. The van der Waals surface area contributed by atoms with Gasteiger partial charge in [-0.15, -0.1) is 0 Å². The lowest BCUT2D eigenvalue weighted by molar-refractivity contribution is -0.118. The Bertz CT molecular complexity index is 1360. The molecule has 2 fully saturated rings. The fraction of sp³-hybridized carbons (Fsp3) is 0.444. The van der Waals surface area contributed by atoms with E-state index in [0.717, 1.165) is 35.3 Å². The Balaban J connectivity index is 1.60. The zero-order valence-electron chi connectivity index (χ0n) is 25.9. The molecule has 0 bridgehead atoms. The number of carbonyl (C=O) groups excluding carboxylic acids is 2. The summed E-state index contributed by atoms with van der Waals surface area (Å²) in [6.07, 6.45) is 4.51. The zero-order valence-corrected chi connectivity index (χ0v) is 25.9. The number of hydrogen-bond donors (Lipinski definition) is 2. The number of nitrogens with zero attached hydrogens (tertiary/aromatic N) is 2. The SMILES string of the molecule is CCCC(O)=C1C(=O)CC(C)(C)CC1=Nc1ccc(-c2ccc(N=C3CC(C)(C)CC(=O)C3=C(O)CCC)cc2)cc1. The summed E-state index contributed by atoms with van der Waals surface area (Å²) in [5.74, 6) is 0.198. The van der Waals surface area contributed by atoms with Gasteiger partial charge in [-0.2, -0.15) is 0 Å². The molecule has 2 aliphatic carbocycles. The van der Waals surface area contributed by atoms with E-state index in [4.69, 9.17) is 9.98 Å². The minimum absolute atomic E-state index is 0.0411. The first-order valence-corrected chi connectivity index (χ1v) is 15.1. The van der Waals surface area contributed by atoms with Crippen molar-refractivity contribution >= 4 is 34.4 Å². The lowest BCUT2D eigenvalue weighted by atomic mass is 9.73. The zero-order chi connectivity index (χ0) is 30.7. The first-order valence-electron chi connectivity index (χ1n) is 15.1. The molecule has 0 saturated heterocycles. The van der Waals surface area contributed by atoms with Crippen LogP contribution in [0.4, 0.5) is 11.4 Å². The van der Waals surface area contributed by atoms with Crippen molar-refractivity contribution in [1.82, 2.24) is 0 Å². The van der Waals surface area contributed by atoms with E-state index < -0.39 is 0 Å². The lowest BCUT2D eigenvalue weighted by Crippen LogP contribution is -2.32. The standard InChI is InChI=1S/C36H44N2O4/c1-7-9-29(39)33-27(19-35(3,4)21-31(33)41)37-25-15-11-23(12-16-25)24-13-17-26(18-14-24)38-28-20-36(5,6)22-32(42)34(28)30(40)10-8-2/h11-18,39-40H,7-10,19-22H2,1-6H3. The molecule has 6 nitrogen and oxygen atoms in total. The molecule has 42 heavy (non-hydrogen) atoms. The Morgan fingerprint density at radius 1 is 0.619 bits per heavy atom. The van der Waals surface area contributed by atoms with Crippen molar-refractivity contribution in [2.45, 2.75) is 92.9 Å². The maximum atomic E-state index is 12.9. The van der Waals surface area contributed by atoms with Crippen LogP contribution in [-0.4, -0.2) is 33.2 Å². The molecule has 2 saturated carbocycles. The number of hydrogen-bond acceptors (Lipinski definition) is 6. The van der Waals surface area contributed by atoms with Gasteiger partial charge < -0.3 is 10.2 Å². The minimum Gasteiger partial charge on any atom is -0.511 e. The van der Waals surface area contributed by atoms with Crippen molar-refractivity contribution in [3.63, 3.8) is 0 Å². The summed E-state index contributed by atoms with van der Waals surface area (Å²) in [5, 5.41) is 21.2. The molecule has 0 radical (unpaired) electrons. The molecule has 222 valence electrons. The first kappa shape index (κ1) is 31.1. The number of aliphatic hydroxyl groups is 2. The van der Waals surface area contributed by atoms with Gasteiger partial charge in [-0.05, 0) is 71.9 Å². The number of aliphatic hydroxyl groups excluding tert-OH is 2. The van der Waals surface area contributed by atoms with E-state index >= 15 is 0 Å². The van der Waals surface area contributed by atoms with Gasteiger partial charge in [0.05, 0.1) is 33.9 Å². The molecule has 0 heterocycles. The van der Waals surface area contributed by atoms with Gasteiger partial charge in [0, 0.05) is 25.7 Å². The van der Waals surface area contributed by atoms with Crippen LogP contribution in [0.15, 0.2) is 81.2 Å². The van der Waals surface area contributed by atoms with Crippen LogP contribution in [0.3, 0.4) is 0 Å². The van der Waals surface area contributed by atoms with E-state index in [-0.39, 0.29) is 33.9 Å². The van der Waals surface area contributed by atoms with Crippen LogP contribution in [0.2, 0.25) is 0 Å². The van der Waals surface area contributed by atoms with Gasteiger partial charge in [-0.1, -0.05) is 65.8 Å². The Morgan fingerprint density at radius 3 is 1.26 bits per heavy atom. The first-order chi connectivity index (χ1) is 19.8. The van der Waals surface area contributed by atoms with Crippen LogP contribution in [0.25, 0.3) is 11.1 Å². The predicted molar refractivity (Wildman–Crippen MR) is 171 cm³/mol. The molecular formula is C36H44N2O4. The predicted octanol–water partition coefficient (Wildman–Crippen LogP) is 9.50. The summed E-state index contributed by atoms with van der Waals surface area (Å²) >= 11 is 0. The largest absolute Gasteiger partial charge is 0.511 e. The highest BCUT2D eigenvalue weighted by Gasteiger charge is 2.37. The molecular weight excluding hydrogens is 524 g/mol. The number of carbonyl (C=O) groups is 2. The summed E-state index contributed by atoms with van der Waals surface area (Å²) in [7, 11) is 0. The summed E-state index contributed by atoms with van der Waals surface area (Å²) in [6, 6.07) is 15.7. The Labute approximate surface area is 250 Å². The summed E-state index contributed by atoms with van der Waals surface area (Å²) < 4.78 is 0. The average Bonchev–Trinajstić information content (AvgIpc) is 2.88. The topological polar surface area (TPSA) is 99.3 Å². The van der Waals surface area contributed by atoms with E-state index in [1.807, 2.05) is 62.4 Å². The molecule has 2 aliphatic rings. The molecule has 2 aromatic rings. The molecule has 0 amide bonds. The number of allylic oxidation sites excluding steroid dienone is 4. The third-order valence-electron chi connectivity index (χ3n) is 7.85. The third-order valence-corrected chi connectivity index (χ3v) is 7.85. The third kappa shape index (κ3) is 7.33. The van der Waals surface area contributed by atoms with Crippen LogP contribution >= 0.6 is 0 Å². The molecule has 0 atom stereocenters. The molecule has 6 heteroatoms. The van der Waals surface area contributed by atoms with Gasteiger partial charge in [0.1, 0.15) is 11.5 Å². The molecule has 2 N–H and O–H groups in total. The normalized spacial score (nSPS) is 22.9. The van der Waals surface area contributed by atoms with Gasteiger partial charge >= 0.3 is 0 Å². The van der Waals surface area contributed by atoms with E-state index in [1.54, 1.807) is 0 Å². The van der Waals surface area contributed by atoms with Crippen LogP contribution in [0.1, 0.15) is 92.9 Å². The van der Waals surface area contributed by atoms with Gasteiger partial charge in [0.15, 0.2) is 11.6 Å². The second-order valence-electron chi connectivity index (χ2n) is 13.2. The second-order valence-corrected chi connectivity index (χ2v) is 13.2. The van der Waals surface area contributed by atoms with Crippen molar-refractivity contribution in [3.8, 4) is 11.1 Å². The summed E-state index contributed by atoms with van der Waals surface area (Å²) in [4.78, 5) is 35.5. The van der Waals surface area contributed by atoms with E-state index in [2.05, 4.69) is 27.7 Å². The second kappa shape index (κ2) is 12.6. The fourth-order valence-corrected chi connectivity index (χ4v) is 5.91. The van der Waals surface area contributed by atoms with Gasteiger partial charge in [0.25, 0.3) is 0 Å². The Hall–Kier alpha value is -3.80. The highest BCUT2D eigenvalue weighted by Crippen LogP contribution is 2.38. The molecule has 4 rings (SSSR count). The van der Waals surface area contributed by atoms with Crippen molar-refractivity contribution in [1.29, 1.82) is 0 Å². The van der Waals surface area contributed by atoms with E-state index in [9.17, 15) is 19.8 Å². The number of benzene rings is 2. The summed E-state index contributed by atoms with van der Waals surface area (Å²) in [5.41, 5.74) is 5.17. The number of aliphatic imine (C=N–C) groups is 2. The van der Waals surface area contributed by atoms with Crippen molar-refractivity contribution in [3.05, 3.63) is 71.2 Å². The van der Waals surface area contributed by atoms with Gasteiger partial charge in [0.2, 0.25) is 0 Å². The van der Waals surface area contributed by atoms with Crippen LogP contribution in [0.5, 0.6) is 0 Å². The number of ketones is 2. The lowest BCUT2D eigenvalue weighted by Gasteiger charge is -2.31. The van der Waals surface area contributed by atoms with Crippen LogP contribution in [0, 0.1) is 10.8 Å². The maximum absolute atomic E-state index is 12.9. The van der Waals surface area contributed by atoms with Crippen LogP contribution < -0.4 is 0 Å². The quantitative estimate of drug-likeness (QED) is 0.257. The smallest absolute Gasteiger partial charge is 0.168 e. The Kier molecular flexibility index (Phi) is 9.34. The van der Waals surface area contributed by atoms with Gasteiger partial charge in [-0.25, -0.2) is 0 Å². The van der Waals surface area contributed by atoms with Gasteiger partial charge in [-0.3, -0.25) is 19.6 Å². The van der Waals surface area contributed by atoms with E-state index in [0.29, 0.717) is 61.1 Å². The molecule has 0 aliphatic heterocycles. The monoisotopic (exact) mass is 568 g/mol. The molecule has 0 spiro atoms. The maximum Gasteiger partial charge on any atom is 0.168 e. The van der Waals surface area contributed by atoms with Crippen molar-refractivity contribution < 1.29 is 19.8 Å². The number of Topliss-reactive ketones (excluding diaryl/α,β-unsaturated/α-hetero) is 2. The number of rotatable bonds is 7.